The lowest BCUT2D eigenvalue weighted by Gasteiger charge is -2.05. The molecule has 0 aliphatic rings. The molecule has 0 heterocycles. The van der Waals surface area contributed by atoms with Crippen LogP contribution in [0.1, 0.15) is 16.8 Å². The molecule has 1 aromatic carbocycles. The highest BCUT2D eigenvalue weighted by molar-refractivity contribution is 7.89. The topological polar surface area (TPSA) is 109 Å². The largest absolute Gasteiger partial charge is 0.508 e. The average Bonchev–Trinajstić information content (AvgIpc) is 2.22. The number of primary sulfonamides is 1. The standard InChI is InChI=1S/C10H13FN2O4S/c11-9-6-7(14)2-3-8(9)10(15)13-4-1-5-18(12,16)17/h2-3,6,14H,1,4-5H2,(H,13,15)(H2,12,16,17). The first-order chi connectivity index (χ1) is 8.29. The van der Waals surface area contributed by atoms with E-state index in [-0.39, 0.29) is 30.0 Å². The number of hydrogen-bond donors (Lipinski definition) is 3. The highest BCUT2D eigenvalue weighted by Gasteiger charge is 2.11. The van der Waals surface area contributed by atoms with Crippen molar-refractivity contribution in [1.82, 2.24) is 5.32 Å². The second-order valence-corrected chi connectivity index (χ2v) is 5.37. The predicted molar refractivity (Wildman–Crippen MR) is 63.0 cm³/mol. The zero-order valence-electron chi connectivity index (χ0n) is 9.39. The molecule has 1 amide bonds. The molecule has 0 aliphatic heterocycles. The molecular weight excluding hydrogens is 263 g/mol. The van der Waals surface area contributed by atoms with Gasteiger partial charge in [-0.2, -0.15) is 0 Å². The lowest BCUT2D eigenvalue weighted by molar-refractivity contribution is 0.0949. The Hall–Kier alpha value is -1.67. The summed E-state index contributed by atoms with van der Waals surface area (Å²) < 4.78 is 34.5. The third-order valence-corrected chi connectivity index (χ3v) is 2.95. The number of amides is 1. The van der Waals surface area contributed by atoms with Gasteiger partial charge in [0.1, 0.15) is 11.6 Å². The van der Waals surface area contributed by atoms with Crippen LogP contribution in [0.25, 0.3) is 0 Å². The van der Waals surface area contributed by atoms with E-state index in [1.54, 1.807) is 0 Å². The molecule has 6 nitrogen and oxygen atoms in total. The number of sulfonamides is 1. The summed E-state index contributed by atoms with van der Waals surface area (Å²) in [6.07, 6.45) is 0.143. The maximum Gasteiger partial charge on any atom is 0.254 e. The number of halogens is 1. The molecule has 0 aliphatic carbocycles. The number of hydrogen-bond acceptors (Lipinski definition) is 4. The van der Waals surface area contributed by atoms with E-state index in [2.05, 4.69) is 5.32 Å². The monoisotopic (exact) mass is 276 g/mol. The number of aromatic hydroxyl groups is 1. The summed E-state index contributed by atoms with van der Waals surface area (Å²) in [4.78, 5) is 11.5. The maximum absolute atomic E-state index is 13.3. The van der Waals surface area contributed by atoms with Crippen LogP contribution in [0.4, 0.5) is 4.39 Å². The first-order valence-corrected chi connectivity index (χ1v) is 6.78. The van der Waals surface area contributed by atoms with Gasteiger partial charge >= 0.3 is 0 Å². The van der Waals surface area contributed by atoms with Gasteiger partial charge in [-0.05, 0) is 18.6 Å². The van der Waals surface area contributed by atoms with Gasteiger partial charge in [0.15, 0.2) is 0 Å². The van der Waals surface area contributed by atoms with E-state index in [1.807, 2.05) is 0 Å². The summed E-state index contributed by atoms with van der Waals surface area (Å²) >= 11 is 0. The summed E-state index contributed by atoms with van der Waals surface area (Å²) in [6, 6.07) is 3.14. The molecule has 18 heavy (non-hydrogen) atoms. The van der Waals surface area contributed by atoms with E-state index < -0.39 is 21.7 Å². The zero-order chi connectivity index (χ0) is 13.8. The summed E-state index contributed by atoms with van der Waals surface area (Å²) in [6.45, 7) is 0.0651. The van der Waals surface area contributed by atoms with Crippen molar-refractivity contribution in [2.45, 2.75) is 6.42 Å². The highest BCUT2D eigenvalue weighted by atomic mass is 32.2. The second-order valence-electron chi connectivity index (χ2n) is 3.64. The minimum atomic E-state index is -3.56. The van der Waals surface area contributed by atoms with E-state index >= 15 is 0 Å². The van der Waals surface area contributed by atoms with Crippen LogP contribution in [0.2, 0.25) is 0 Å². The fraction of sp³-hybridized carbons (Fsp3) is 0.300. The minimum absolute atomic E-state index is 0.0651. The molecule has 0 bridgehead atoms. The molecule has 0 saturated heterocycles. The number of nitrogens with two attached hydrogens (primary N) is 1. The van der Waals surface area contributed by atoms with Crippen molar-refractivity contribution < 1.29 is 22.7 Å². The van der Waals surface area contributed by atoms with E-state index in [1.165, 1.54) is 6.07 Å². The SMILES string of the molecule is NS(=O)(=O)CCCNC(=O)c1ccc(O)cc1F. The molecule has 0 aromatic heterocycles. The summed E-state index contributed by atoms with van der Waals surface area (Å²) in [5.74, 6) is -2.06. The second kappa shape index (κ2) is 5.78. The van der Waals surface area contributed by atoms with Crippen LogP contribution in [-0.2, 0) is 10.0 Å². The summed E-state index contributed by atoms with van der Waals surface area (Å²) in [5, 5.41) is 16.1. The normalized spacial score (nSPS) is 11.2. The van der Waals surface area contributed by atoms with E-state index in [0.717, 1.165) is 12.1 Å². The van der Waals surface area contributed by atoms with Crippen molar-refractivity contribution in [1.29, 1.82) is 0 Å². The number of benzene rings is 1. The summed E-state index contributed by atoms with van der Waals surface area (Å²) in [5.41, 5.74) is -0.219. The average molecular weight is 276 g/mol. The maximum atomic E-state index is 13.3. The van der Waals surface area contributed by atoms with Crippen molar-refractivity contribution in [2.75, 3.05) is 12.3 Å². The van der Waals surface area contributed by atoms with Crippen LogP contribution in [-0.4, -0.2) is 31.7 Å². The summed E-state index contributed by atoms with van der Waals surface area (Å²) in [7, 11) is -3.56. The fourth-order valence-corrected chi connectivity index (χ4v) is 1.81. The molecule has 100 valence electrons. The van der Waals surface area contributed by atoms with Gasteiger partial charge in [0, 0.05) is 12.6 Å². The van der Waals surface area contributed by atoms with Gasteiger partial charge in [0.25, 0.3) is 5.91 Å². The van der Waals surface area contributed by atoms with E-state index in [4.69, 9.17) is 10.2 Å². The van der Waals surface area contributed by atoms with Crippen molar-refractivity contribution in [3.8, 4) is 5.75 Å². The Morgan fingerprint density at radius 3 is 2.67 bits per heavy atom. The quantitative estimate of drug-likeness (QED) is 0.654. The Bertz CT molecular complexity index is 545. The molecular formula is C10H13FN2O4S. The Morgan fingerprint density at radius 2 is 2.11 bits per heavy atom. The Kier molecular flexibility index (Phi) is 4.62. The number of nitrogens with one attached hydrogen (secondary N) is 1. The molecule has 1 rings (SSSR count). The fourth-order valence-electron chi connectivity index (χ4n) is 1.26. The van der Waals surface area contributed by atoms with Crippen LogP contribution in [0.5, 0.6) is 5.75 Å². The third kappa shape index (κ3) is 4.68. The van der Waals surface area contributed by atoms with Gasteiger partial charge < -0.3 is 10.4 Å². The van der Waals surface area contributed by atoms with Gasteiger partial charge in [-0.25, -0.2) is 17.9 Å². The van der Waals surface area contributed by atoms with Crippen LogP contribution in [0, 0.1) is 5.82 Å². The van der Waals surface area contributed by atoms with Crippen LogP contribution in [0.3, 0.4) is 0 Å². The van der Waals surface area contributed by atoms with Crippen molar-refractivity contribution in [2.24, 2.45) is 5.14 Å². The molecule has 0 atom stereocenters. The van der Waals surface area contributed by atoms with Gasteiger partial charge in [-0.1, -0.05) is 0 Å². The van der Waals surface area contributed by atoms with Crippen LogP contribution in [0.15, 0.2) is 18.2 Å². The minimum Gasteiger partial charge on any atom is -0.508 e. The molecule has 0 spiro atoms. The Morgan fingerprint density at radius 1 is 1.44 bits per heavy atom. The number of rotatable bonds is 5. The number of phenolic OH excluding ortho intramolecular Hbond substituents is 1. The van der Waals surface area contributed by atoms with Crippen molar-refractivity contribution >= 4 is 15.9 Å². The first kappa shape index (κ1) is 14.4. The molecule has 8 heteroatoms. The third-order valence-electron chi connectivity index (χ3n) is 2.09. The Labute approximate surface area is 104 Å². The molecule has 4 N–H and O–H groups in total. The van der Waals surface area contributed by atoms with Gasteiger partial charge in [-0.15, -0.1) is 0 Å². The zero-order valence-corrected chi connectivity index (χ0v) is 10.2. The molecule has 0 unspecified atom stereocenters. The molecule has 0 fully saturated rings. The number of phenols is 1. The smallest absolute Gasteiger partial charge is 0.254 e. The highest BCUT2D eigenvalue weighted by Crippen LogP contribution is 2.14. The van der Waals surface area contributed by atoms with Crippen LogP contribution >= 0.6 is 0 Å². The van der Waals surface area contributed by atoms with Crippen molar-refractivity contribution in [3.63, 3.8) is 0 Å². The Balaban J connectivity index is 2.51. The molecule has 1 aromatic rings. The van der Waals surface area contributed by atoms with Gasteiger partial charge in [0.05, 0.1) is 11.3 Å². The number of carbonyl (C=O) groups is 1. The van der Waals surface area contributed by atoms with Crippen molar-refractivity contribution in [3.05, 3.63) is 29.6 Å². The predicted octanol–water partition coefficient (Wildman–Crippen LogP) is -0.0603. The van der Waals surface area contributed by atoms with E-state index in [0.29, 0.717) is 0 Å². The lowest BCUT2D eigenvalue weighted by atomic mass is 10.2. The molecule has 0 radical (unpaired) electrons. The molecule has 0 saturated carbocycles. The van der Waals surface area contributed by atoms with E-state index in [9.17, 15) is 17.6 Å². The van der Waals surface area contributed by atoms with Gasteiger partial charge in [-0.3, -0.25) is 4.79 Å². The van der Waals surface area contributed by atoms with Crippen LogP contribution < -0.4 is 10.5 Å². The lowest BCUT2D eigenvalue weighted by Crippen LogP contribution is -2.27. The number of carbonyl (C=O) groups excluding carboxylic acids is 1. The first-order valence-electron chi connectivity index (χ1n) is 5.07. The van der Waals surface area contributed by atoms with Gasteiger partial charge in [0.2, 0.25) is 10.0 Å².